The number of aromatic nitrogens is 2. The minimum atomic E-state index is -1.22. The zero-order chi connectivity index (χ0) is 21.7. The predicted molar refractivity (Wildman–Crippen MR) is 109 cm³/mol. The first-order valence-electron chi connectivity index (χ1n) is 8.90. The Bertz CT molecular complexity index is 1120. The van der Waals surface area contributed by atoms with Crippen LogP contribution in [0.3, 0.4) is 0 Å². The average molecular weight is 406 g/mol. The van der Waals surface area contributed by atoms with Gasteiger partial charge in [-0.1, -0.05) is 30.3 Å². The second-order valence-electron chi connectivity index (χ2n) is 6.46. The van der Waals surface area contributed by atoms with Crippen molar-refractivity contribution in [3.63, 3.8) is 0 Å². The van der Waals surface area contributed by atoms with Crippen LogP contribution in [-0.2, 0) is 16.1 Å². The maximum atomic E-state index is 12.2. The van der Waals surface area contributed by atoms with Crippen molar-refractivity contribution in [2.24, 2.45) is 0 Å². The second-order valence-corrected chi connectivity index (χ2v) is 6.46. The first-order valence-corrected chi connectivity index (χ1v) is 8.90. The fourth-order valence-corrected chi connectivity index (χ4v) is 2.85. The number of rotatable bonds is 7. The van der Waals surface area contributed by atoms with Gasteiger partial charge in [-0.2, -0.15) is 5.10 Å². The number of carbonyl (C=O) groups is 2. The van der Waals surface area contributed by atoms with Gasteiger partial charge in [0.15, 0.2) is 0 Å². The lowest BCUT2D eigenvalue weighted by atomic mass is 10.1. The number of carbonyl (C=O) groups excluding carboxylic acids is 1. The molecule has 0 bridgehead atoms. The van der Waals surface area contributed by atoms with Crippen LogP contribution in [0.5, 0.6) is 0 Å². The quantitative estimate of drug-likeness (QED) is 0.366. The van der Waals surface area contributed by atoms with Gasteiger partial charge in [-0.15, -0.1) is 0 Å². The number of nitro benzene ring substituents is 1. The number of para-hydroxylation sites is 1. The molecule has 0 atom stereocenters. The molecule has 1 N–H and O–H groups in total. The number of likely N-dealkylation sites (N-methyl/N-ethyl adjacent to an activating group) is 1. The summed E-state index contributed by atoms with van der Waals surface area (Å²) in [5, 5.41) is 24.4. The van der Waals surface area contributed by atoms with Crippen molar-refractivity contribution in [1.82, 2.24) is 14.7 Å². The second kappa shape index (κ2) is 8.82. The van der Waals surface area contributed by atoms with E-state index in [0.29, 0.717) is 16.8 Å². The number of carboxylic acid groups (broad SMARTS) is 1. The number of nitrogens with zero attached hydrogens (tertiary/aromatic N) is 4. The molecule has 0 spiro atoms. The van der Waals surface area contributed by atoms with Gasteiger partial charge in [-0.25, -0.2) is 9.48 Å². The summed E-state index contributed by atoms with van der Waals surface area (Å²) in [4.78, 5) is 34.8. The summed E-state index contributed by atoms with van der Waals surface area (Å²) in [5.74, 6) is -1.71. The minimum absolute atomic E-state index is 0.0680. The van der Waals surface area contributed by atoms with Crippen LogP contribution in [0.15, 0.2) is 72.9 Å². The zero-order valence-electron chi connectivity index (χ0n) is 16.0. The van der Waals surface area contributed by atoms with Gasteiger partial charge >= 0.3 is 5.97 Å². The van der Waals surface area contributed by atoms with Crippen molar-refractivity contribution in [3.05, 3.63) is 88.6 Å². The third-order valence-corrected chi connectivity index (χ3v) is 4.29. The molecule has 1 heterocycles. The van der Waals surface area contributed by atoms with Crippen LogP contribution in [0.25, 0.3) is 16.9 Å². The number of hydrogen-bond acceptors (Lipinski definition) is 5. The number of non-ortho nitro benzene ring substituents is 1. The Morgan fingerprint density at radius 3 is 2.57 bits per heavy atom. The van der Waals surface area contributed by atoms with Crippen molar-refractivity contribution in [1.29, 1.82) is 0 Å². The van der Waals surface area contributed by atoms with Crippen LogP contribution < -0.4 is 0 Å². The SMILES string of the molecule is CN(Cc1cn(-c2ccccc2)nc1-c1cccc([N+](=O)[O-])c1)C(=O)C=CC(=O)O. The molecule has 1 amide bonds. The number of amides is 1. The van der Waals surface area contributed by atoms with Crippen molar-refractivity contribution in [2.75, 3.05) is 7.05 Å². The standard InChI is InChI=1S/C21H18N4O5/c1-23(19(26)10-11-20(27)28)13-16-14-24(17-7-3-2-4-8-17)22-21(16)15-6-5-9-18(12-15)25(29)30/h2-12,14H,13H2,1H3,(H,27,28). The molecular weight excluding hydrogens is 388 g/mol. The normalized spacial score (nSPS) is 10.8. The smallest absolute Gasteiger partial charge is 0.328 e. The molecule has 0 saturated heterocycles. The zero-order valence-corrected chi connectivity index (χ0v) is 16.0. The highest BCUT2D eigenvalue weighted by Gasteiger charge is 2.18. The van der Waals surface area contributed by atoms with Gasteiger partial charge in [0.1, 0.15) is 0 Å². The maximum absolute atomic E-state index is 12.2. The first kappa shape index (κ1) is 20.5. The van der Waals surface area contributed by atoms with E-state index in [-0.39, 0.29) is 12.2 Å². The molecule has 3 aromatic rings. The Balaban J connectivity index is 2.01. The fourth-order valence-electron chi connectivity index (χ4n) is 2.85. The molecule has 152 valence electrons. The summed E-state index contributed by atoms with van der Waals surface area (Å²) in [6, 6.07) is 15.4. The lowest BCUT2D eigenvalue weighted by Crippen LogP contribution is -2.24. The Labute approximate surface area is 171 Å². The van der Waals surface area contributed by atoms with Crippen LogP contribution in [0.4, 0.5) is 5.69 Å². The van der Waals surface area contributed by atoms with Gasteiger partial charge in [0, 0.05) is 55.2 Å². The van der Waals surface area contributed by atoms with Crippen molar-refractivity contribution < 1.29 is 19.6 Å². The summed E-state index contributed by atoms with van der Waals surface area (Å²) in [6.07, 6.45) is 3.48. The van der Waals surface area contributed by atoms with Crippen LogP contribution in [0.2, 0.25) is 0 Å². The van der Waals surface area contributed by atoms with E-state index in [1.807, 2.05) is 30.3 Å². The van der Waals surface area contributed by atoms with Crippen LogP contribution >= 0.6 is 0 Å². The van der Waals surface area contributed by atoms with Gasteiger partial charge in [-0.05, 0) is 12.1 Å². The molecule has 9 nitrogen and oxygen atoms in total. The molecule has 0 unspecified atom stereocenters. The third kappa shape index (κ3) is 4.76. The molecule has 1 aromatic heterocycles. The molecule has 0 aliphatic carbocycles. The molecule has 0 aliphatic rings. The molecule has 0 fully saturated rings. The van der Waals surface area contributed by atoms with Gasteiger partial charge in [0.25, 0.3) is 5.69 Å². The lowest BCUT2D eigenvalue weighted by Gasteiger charge is -2.14. The van der Waals surface area contributed by atoms with Crippen LogP contribution in [-0.4, -0.2) is 43.6 Å². The van der Waals surface area contributed by atoms with Gasteiger partial charge in [-0.3, -0.25) is 14.9 Å². The van der Waals surface area contributed by atoms with Crippen molar-refractivity contribution in [2.45, 2.75) is 6.54 Å². The Morgan fingerprint density at radius 2 is 1.90 bits per heavy atom. The first-order chi connectivity index (χ1) is 14.3. The van der Waals surface area contributed by atoms with Crippen molar-refractivity contribution >= 4 is 17.6 Å². The minimum Gasteiger partial charge on any atom is -0.478 e. The van der Waals surface area contributed by atoms with Gasteiger partial charge in [0.05, 0.1) is 16.3 Å². The highest BCUT2D eigenvalue weighted by atomic mass is 16.6. The molecule has 0 radical (unpaired) electrons. The number of benzene rings is 2. The molecule has 0 aliphatic heterocycles. The molecule has 30 heavy (non-hydrogen) atoms. The fraction of sp³-hybridized carbons (Fsp3) is 0.0952. The largest absolute Gasteiger partial charge is 0.478 e. The number of aliphatic carboxylic acids is 1. The van der Waals surface area contributed by atoms with E-state index in [0.717, 1.165) is 17.8 Å². The Hall–Kier alpha value is -4.27. The maximum Gasteiger partial charge on any atom is 0.328 e. The predicted octanol–water partition coefficient (Wildman–Crippen LogP) is 3.05. The summed E-state index contributed by atoms with van der Waals surface area (Å²) in [7, 11) is 1.53. The van der Waals surface area contributed by atoms with E-state index >= 15 is 0 Å². The molecular formula is C21H18N4O5. The molecule has 2 aromatic carbocycles. The van der Waals surface area contributed by atoms with Crippen LogP contribution in [0.1, 0.15) is 5.56 Å². The monoisotopic (exact) mass is 406 g/mol. The summed E-state index contributed by atoms with van der Waals surface area (Å²) >= 11 is 0. The Kier molecular flexibility index (Phi) is 6.02. The van der Waals surface area contributed by atoms with E-state index < -0.39 is 16.8 Å². The Morgan fingerprint density at radius 1 is 1.17 bits per heavy atom. The molecule has 3 rings (SSSR count). The van der Waals surface area contributed by atoms with Crippen molar-refractivity contribution in [3.8, 4) is 16.9 Å². The molecule has 9 heteroatoms. The van der Waals surface area contributed by atoms with E-state index in [9.17, 15) is 19.7 Å². The van der Waals surface area contributed by atoms with E-state index in [4.69, 9.17) is 5.11 Å². The average Bonchev–Trinajstić information content (AvgIpc) is 3.16. The van der Waals surface area contributed by atoms with Gasteiger partial charge in [0.2, 0.25) is 5.91 Å². The summed E-state index contributed by atoms with van der Waals surface area (Å²) in [6.45, 7) is 0.133. The van der Waals surface area contributed by atoms with E-state index in [1.54, 1.807) is 23.0 Å². The topological polar surface area (TPSA) is 119 Å². The molecule has 0 saturated carbocycles. The summed E-state index contributed by atoms with van der Waals surface area (Å²) in [5.41, 5.74) is 2.40. The number of nitro groups is 1. The highest BCUT2D eigenvalue weighted by molar-refractivity contribution is 5.93. The van der Waals surface area contributed by atoms with Gasteiger partial charge < -0.3 is 10.0 Å². The lowest BCUT2D eigenvalue weighted by molar-refractivity contribution is -0.384. The highest BCUT2D eigenvalue weighted by Crippen LogP contribution is 2.27. The van der Waals surface area contributed by atoms with Crippen LogP contribution in [0, 0.1) is 10.1 Å². The van der Waals surface area contributed by atoms with E-state index in [1.165, 1.54) is 24.1 Å². The van der Waals surface area contributed by atoms with E-state index in [2.05, 4.69) is 5.10 Å². The number of hydrogen-bond donors (Lipinski definition) is 1. The summed E-state index contributed by atoms with van der Waals surface area (Å²) < 4.78 is 1.63. The number of carboxylic acids is 1. The third-order valence-electron chi connectivity index (χ3n) is 4.29.